The van der Waals surface area contributed by atoms with E-state index >= 15 is 0 Å². The van der Waals surface area contributed by atoms with Gasteiger partial charge in [0.1, 0.15) is 5.82 Å². The fourth-order valence-electron chi connectivity index (χ4n) is 2.35. The first-order chi connectivity index (χ1) is 7.20. The molecule has 0 bridgehead atoms. The van der Waals surface area contributed by atoms with Crippen LogP contribution >= 0.6 is 0 Å². The fraction of sp³-hybridized carbons (Fsp3) is 0.583. The molecule has 1 aliphatic rings. The van der Waals surface area contributed by atoms with Gasteiger partial charge in [-0.15, -0.1) is 0 Å². The van der Waals surface area contributed by atoms with E-state index in [0.29, 0.717) is 6.04 Å². The van der Waals surface area contributed by atoms with Crippen LogP contribution in [0.5, 0.6) is 0 Å². The van der Waals surface area contributed by atoms with Crippen LogP contribution in [0.1, 0.15) is 24.4 Å². The number of nitrogens with zero attached hydrogens (tertiary/aromatic N) is 3. The van der Waals surface area contributed by atoms with Crippen LogP contribution < -0.4 is 4.90 Å². The first-order valence-corrected chi connectivity index (χ1v) is 5.52. The van der Waals surface area contributed by atoms with Crippen LogP contribution in [-0.4, -0.2) is 37.6 Å². The molecule has 3 heteroatoms. The summed E-state index contributed by atoms with van der Waals surface area (Å²) in [6, 6.07) is 4.79. The molecule has 0 saturated carbocycles. The fourth-order valence-corrected chi connectivity index (χ4v) is 2.35. The number of anilines is 1. The number of pyridine rings is 1. The van der Waals surface area contributed by atoms with Gasteiger partial charge in [0.05, 0.1) is 0 Å². The van der Waals surface area contributed by atoms with Gasteiger partial charge in [-0.1, -0.05) is 6.07 Å². The number of hydrogen-bond donors (Lipinski definition) is 0. The Kier molecular flexibility index (Phi) is 2.91. The Morgan fingerprint density at radius 1 is 1.47 bits per heavy atom. The third-order valence-electron chi connectivity index (χ3n) is 3.12. The second-order valence-corrected chi connectivity index (χ2v) is 4.45. The van der Waals surface area contributed by atoms with Crippen molar-refractivity contribution in [1.82, 2.24) is 9.88 Å². The molecule has 0 aliphatic carbocycles. The average Bonchev–Trinajstić information content (AvgIpc) is 2.64. The van der Waals surface area contributed by atoms with Gasteiger partial charge >= 0.3 is 0 Å². The van der Waals surface area contributed by atoms with Crippen molar-refractivity contribution in [3.05, 3.63) is 23.9 Å². The lowest BCUT2D eigenvalue weighted by molar-refractivity contribution is 0.317. The normalized spacial score (nSPS) is 21.9. The Morgan fingerprint density at radius 3 is 2.87 bits per heavy atom. The Morgan fingerprint density at radius 2 is 2.27 bits per heavy atom. The van der Waals surface area contributed by atoms with E-state index < -0.39 is 0 Å². The quantitative estimate of drug-likeness (QED) is 0.735. The summed E-state index contributed by atoms with van der Waals surface area (Å²) < 4.78 is 0. The topological polar surface area (TPSA) is 19.4 Å². The predicted octanol–water partition coefficient (Wildman–Crippen LogP) is 1.91. The maximum atomic E-state index is 4.46. The van der Waals surface area contributed by atoms with E-state index in [4.69, 9.17) is 0 Å². The lowest BCUT2D eigenvalue weighted by atomic mass is 10.1. The van der Waals surface area contributed by atoms with Crippen molar-refractivity contribution >= 4 is 5.82 Å². The number of aromatic nitrogens is 1. The molecule has 0 spiro atoms. The molecule has 1 atom stereocenters. The van der Waals surface area contributed by atoms with Crippen LogP contribution in [0.25, 0.3) is 0 Å². The van der Waals surface area contributed by atoms with E-state index in [0.717, 1.165) is 5.82 Å². The van der Waals surface area contributed by atoms with Crippen LogP contribution in [0.4, 0.5) is 5.82 Å². The molecular formula is C12H19N3. The Hall–Kier alpha value is -1.09. The van der Waals surface area contributed by atoms with Gasteiger partial charge in [0, 0.05) is 31.9 Å². The molecule has 2 heterocycles. The summed E-state index contributed by atoms with van der Waals surface area (Å²) in [4.78, 5) is 8.98. The van der Waals surface area contributed by atoms with Gasteiger partial charge in [0.25, 0.3) is 0 Å². The molecule has 1 aliphatic heterocycles. The smallest absolute Gasteiger partial charge is 0.132 e. The third kappa shape index (κ3) is 1.97. The minimum Gasteiger partial charge on any atom is -0.362 e. The molecule has 0 aromatic carbocycles. The lowest BCUT2D eigenvalue weighted by Crippen LogP contribution is -2.21. The zero-order valence-electron chi connectivity index (χ0n) is 9.77. The van der Waals surface area contributed by atoms with Gasteiger partial charge in [-0.05, 0) is 32.5 Å². The van der Waals surface area contributed by atoms with E-state index in [2.05, 4.69) is 42.0 Å². The van der Waals surface area contributed by atoms with Crippen molar-refractivity contribution in [3.8, 4) is 0 Å². The van der Waals surface area contributed by atoms with Crippen molar-refractivity contribution in [2.24, 2.45) is 0 Å². The predicted molar refractivity (Wildman–Crippen MR) is 63.2 cm³/mol. The molecule has 82 valence electrons. The maximum absolute atomic E-state index is 4.46. The van der Waals surface area contributed by atoms with E-state index in [9.17, 15) is 0 Å². The molecule has 1 aromatic rings. The van der Waals surface area contributed by atoms with Crippen LogP contribution in [-0.2, 0) is 0 Å². The Labute approximate surface area is 91.7 Å². The third-order valence-corrected chi connectivity index (χ3v) is 3.12. The molecule has 15 heavy (non-hydrogen) atoms. The summed E-state index contributed by atoms with van der Waals surface area (Å²) >= 11 is 0. The van der Waals surface area contributed by atoms with Crippen molar-refractivity contribution in [3.63, 3.8) is 0 Å². The second kappa shape index (κ2) is 4.19. The summed E-state index contributed by atoms with van der Waals surface area (Å²) in [5.74, 6) is 1.11. The Bertz CT molecular complexity index is 335. The number of likely N-dealkylation sites (tertiary alicyclic amines) is 1. The Balaban J connectivity index is 2.34. The minimum absolute atomic E-state index is 0.552. The minimum atomic E-state index is 0.552. The lowest BCUT2D eigenvalue weighted by Gasteiger charge is -2.24. The standard InChI is InChI=1S/C12H19N3/c1-14(2)12-10(6-4-8-13-12)11-7-5-9-15(11)3/h4,6,8,11H,5,7,9H2,1-3H3/t11-/m0/s1. The summed E-state index contributed by atoms with van der Waals surface area (Å²) in [5, 5.41) is 0. The van der Waals surface area contributed by atoms with Gasteiger partial charge in [-0.25, -0.2) is 4.98 Å². The monoisotopic (exact) mass is 205 g/mol. The molecule has 0 amide bonds. The second-order valence-electron chi connectivity index (χ2n) is 4.45. The summed E-state index contributed by atoms with van der Waals surface area (Å²) in [7, 11) is 6.31. The number of rotatable bonds is 2. The van der Waals surface area contributed by atoms with Gasteiger partial charge < -0.3 is 4.90 Å². The maximum Gasteiger partial charge on any atom is 0.132 e. The largest absolute Gasteiger partial charge is 0.362 e. The van der Waals surface area contributed by atoms with E-state index in [1.165, 1.54) is 24.9 Å². The summed E-state index contributed by atoms with van der Waals surface area (Å²) in [6.07, 6.45) is 4.42. The van der Waals surface area contributed by atoms with Gasteiger partial charge in [-0.2, -0.15) is 0 Å². The molecule has 2 rings (SSSR count). The van der Waals surface area contributed by atoms with Crippen molar-refractivity contribution in [2.75, 3.05) is 32.6 Å². The van der Waals surface area contributed by atoms with Crippen molar-refractivity contribution in [2.45, 2.75) is 18.9 Å². The van der Waals surface area contributed by atoms with Crippen molar-refractivity contribution < 1.29 is 0 Å². The zero-order valence-corrected chi connectivity index (χ0v) is 9.77. The van der Waals surface area contributed by atoms with E-state index in [1.807, 2.05) is 12.3 Å². The summed E-state index contributed by atoms with van der Waals surface area (Å²) in [5.41, 5.74) is 1.36. The SMILES string of the molecule is CN(C)c1ncccc1[C@@H]1CCCN1C. The van der Waals surface area contributed by atoms with Crippen LogP contribution in [0.2, 0.25) is 0 Å². The molecule has 3 nitrogen and oxygen atoms in total. The van der Waals surface area contributed by atoms with Crippen molar-refractivity contribution in [1.29, 1.82) is 0 Å². The van der Waals surface area contributed by atoms with E-state index in [1.54, 1.807) is 0 Å². The highest BCUT2D eigenvalue weighted by molar-refractivity contribution is 5.47. The molecule has 0 N–H and O–H groups in total. The zero-order chi connectivity index (χ0) is 10.8. The molecule has 0 unspecified atom stereocenters. The van der Waals surface area contributed by atoms with Gasteiger partial charge in [-0.3, -0.25) is 4.90 Å². The first kappa shape index (κ1) is 10.4. The van der Waals surface area contributed by atoms with Gasteiger partial charge in [0.15, 0.2) is 0 Å². The van der Waals surface area contributed by atoms with Crippen LogP contribution in [0.15, 0.2) is 18.3 Å². The van der Waals surface area contributed by atoms with Crippen LogP contribution in [0, 0.1) is 0 Å². The highest BCUT2D eigenvalue weighted by Gasteiger charge is 2.25. The van der Waals surface area contributed by atoms with Crippen LogP contribution in [0.3, 0.4) is 0 Å². The first-order valence-electron chi connectivity index (χ1n) is 5.52. The highest BCUT2D eigenvalue weighted by Crippen LogP contribution is 2.34. The molecule has 1 saturated heterocycles. The molecular weight excluding hydrogens is 186 g/mol. The van der Waals surface area contributed by atoms with E-state index in [-0.39, 0.29) is 0 Å². The molecule has 1 aromatic heterocycles. The molecule has 1 fully saturated rings. The summed E-state index contributed by atoms with van der Waals surface area (Å²) in [6.45, 7) is 1.20. The average molecular weight is 205 g/mol. The number of hydrogen-bond acceptors (Lipinski definition) is 3. The van der Waals surface area contributed by atoms with Gasteiger partial charge in [0.2, 0.25) is 0 Å². The molecule has 0 radical (unpaired) electrons. The highest BCUT2D eigenvalue weighted by atomic mass is 15.2.